The van der Waals surface area contributed by atoms with Gasteiger partial charge in [0.05, 0.1) is 30.6 Å². The van der Waals surface area contributed by atoms with Crippen molar-refractivity contribution in [3.05, 3.63) is 83.0 Å². The van der Waals surface area contributed by atoms with Gasteiger partial charge in [-0.3, -0.25) is 48.2 Å². The van der Waals surface area contributed by atoms with E-state index in [0.29, 0.717) is 67.7 Å². The number of ether oxygens (including phenoxy) is 6. The number of carbonyl (C=O) groups is 8. The summed E-state index contributed by atoms with van der Waals surface area (Å²) >= 11 is 0. The van der Waals surface area contributed by atoms with Crippen LogP contribution in [0, 0.1) is 10.8 Å². The van der Waals surface area contributed by atoms with E-state index < -0.39 is 77.8 Å². The summed E-state index contributed by atoms with van der Waals surface area (Å²) < 4.78 is 33.5. The molecule has 0 aromatic heterocycles. The molecule has 4 amide bonds. The van der Waals surface area contributed by atoms with Gasteiger partial charge in [0.2, 0.25) is 12.6 Å². The largest absolute Gasteiger partial charge is 0.462 e. The second-order valence-electron chi connectivity index (χ2n) is 23.2. The van der Waals surface area contributed by atoms with Crippen LogP contribution in [0.25, 0.3) is 0 Å². The highest BCUT2D eigenvalue weighted by Gasteiger charge is 2.41. The smallest absolute Gasteiger partial charge is 0.373 e. The Bertz CT molecular complexity index is 2760. The average molecular weight is 1240 g/mol. The zero-order valence-electron chi connectivity index (χ0n) is 50.5. The number of hydrogen-bond acceptors (Lipinski definition) is 24. The topological polar surface area (TPSA) is 388 Å². The SMILES string of the molecule is CC(C)(C)C(=O)OCc1ccc(CCCCCC(=O)CCCCCN2C(=O)C=CC2=O)cc1O[C@@H]1OC[C@H](O)[C@@H](O)[C@@H]1O.CC(C)(C)C(=O)OCc1ccc(CCCCCC(=O)CN2C(=O)C=CC2=O)cc1O[C@@H]1OC[C@@H](O)[C@H](O)[C@H]1O.O=C=O.O=C=O. The van der Waals surface area contributed by atoms with Gasteiger partial charge in [-0.1, -0.05) is 43.5 Å². The first-order chi connectivity index (χ1) is 41.6. The van der Waals surface area contributed by atoms with Crippen LogP contribution in [-0.4, -0.2) is 175 Å². The molecule has 0 bridgehead atoms. The maximum Gasteiger partial charge on any atom is 0.373 e. The molecule has 0 aliphatic carbocycles. The lowest BCUT2D eigenvalue weighted by Gasteiger charge is -2.35. The van der Waals surface area contributed by atoms with Crippen LogP contribution in [0.3, 0.4) is 0 Å². The maximum atomic E-state index is 12.3. The molecule has 2 saturated heterocycles. The summed E-state index contributed by atoms with van der Waals surface area (Å²) in [5.74, 6) is -1.59. The van der Waals surface area contributed by atoms with Crippen molar-refractivity contribution in [1.29, 1.82) is 0 Å². The molecule has 88 heavy (non-hydrogen) atoms. The first-order valence-electron chi connectivity index (χ1n) is 28.9. The Kier molecular flexibility index (Phi) is 31.8. The van der Waals surface area contributed by atoms with Gasteiger partial charge in [-0.15, -0.1) is 0 Å². The van der Waals surface area contributed by atoms with Gasteiger partial charge in [0, 0.05) is 61.2 Å². The molecule has 26 nitrogen and oxygen atoms in total. The summed E-state index contributed by atoms with van der Waals surface area (Å²) in [6, 6.07) is 10.9. The van der Waals surface area contributed by atoms with Gasteiger partial charge < -0.3 is 59.1 Å². The molecule has 484 valence electrons. The highest BCUT2D eigenvalue weighted by molar-refractivity contribution is 6.14. The monoisotopic (exact) mass is 1240 g/mol. The van der Waals surface area contributed by atoms with Crippen molar-refractivity contribution in [3.8, 4) is 11.5 Å². The van der Waals surface area contributed by atoms with E-state index in [4.69, 9.17) is 47.6 Å². The van der Waals surface area contributed by atoms with E-state index in [2.05, 4.69) is 0 Å². The third-order valence-electron chi connectivity index (χ3n) is 13.9. The molecular formula is C62H82N2O24. The number of aryl methyl sites for hydroxylation is 2. The van der Waals surface area contributed by atoms with E-state index in [0.717, 1.165) is 73.1 Å². The fourth-order valence-electron chi connectivity index (χ4n) is 8.75. The van der Waals surface area contributed by atoms with E-state index in [1.165, 1.54) is 17.1 Å². The van der Waals surface area contributed by atoms with Crippen LogP contribution in [0.1, 0.15) is 141 Å². The molecule has 26 heteroatoms. The van der Waals surface area contributed by atoms with Crippen molar-refractivity contribution in [2.24, 2.45) is 10.8 Å². The summed E-state index contributed by atoms with van der Waals surface area (Å²) in [5.41, 5.74) is 1.58. The number of carbonyl (C=O) groups excluding carboxylic acids is 12. The van der Waals surface area contributed by atoms with E-state index >= 15 is 0 Å². The highest BCUT2D eigenvalue weighted by atomic mass is 16.7. The van der Waals surface area contributed by atoms with Gasteiger partial charge in [0.15, 0.2) is 5.78 Å². The fourth-order valence-corrected chi connectivity index (χ4v) is 8.75. The third-order valence-corrected chi connectivity index (χ3v) is 13.9. The molecule has 8 atom stereocenters. The Morgan fingerprint density at radius 3 is 1.23 bits per heavy atom. The number of rotatable bonds is 28. The standard InChI is InChI=1S/C32H45NO10.C28H37NO10.2CO2/c1-32(2,3)31(40)42-19-22-14-13-21(18-25(22)43-30-29(39)28(38)24(35)20-41-30)10-6-4-7-11-23(34)12-8-5-9-17-33-26(36)15-16-27(33)37;1-28(2,3)27(36)38-15-18-10-9-17(13-21(18)39-26-25(35)24(34)20(31)16-37-26)7-5-4-6-8-19(30)14-29-22(32)11-12-23(29)33;2*2-1-3/h13-16,18,24,28-30,35,38-39H,4-12,17,19-20H2,1-3H3;9-13,20,24-26,31,34-35H,4-8,14-16H2,1-3H3;;/t24-,28+,29-,30-;20-,24+,25-,26+;;/m01../s1. The van der Waals surface area contributed by atoms with Crippen LogP contribution in [0.5, 0.6) is 11.5 Å². The van der Waals surface area contributed by atoms with Gasteiger partial charge in [-0.2, -0.15) is 19.2 Å². The van der Waals surface area contributed by atoms with Crippen molar-refractivity contribution < 1.29 is 117 Å². The number of hydrogen-bond donors (Lipinski definition) is 6. The third kappa shape index (κ3) is 25.3. The Labute approximate surface area is 509 Å². The van der Waals surface area contributed by atoms with Crippen LogP contribution in [-0.2, 0) is 103 Å². The van der Waals surface area contributed by atoms with E-state index in [1.807, 2.05) is 12.1 Å². The molecule has 2 aromatic carbocycles. The number of unbranched alkanes of at least 4 members (excludes halogenated alkanes) is 6. The quantitative estimate of drug-likeness (QED) is 0.0405. The molecule has 2 fully saturated rings. The van der Waals surface area contributed by atoms with Crippen LogP contribution < -0.4 is 9.47 Å². The van der Waals surface area contributed by atoms with Crippen molar-refractivity contribution in [2.45, 2.75) is 194 Å². The van der Waals surface area contributed by atoms with Gasteiger partial charge in [-0.05, 0) is 116 Å². The second kappa shape index (κ2) is 37.4. The van der Waals surface area contributed by atoms with Crippen LogP contribution >= 0.6 is 0 Å². The number of ketones is 2. The first-order valence-corrected chi connectivity index (χ1v) is 28.9. The minimum atomic E-state index is -1.48. The van der Waals surface area contributed by atoms with Crippen LogP contribution in [0.15, 0.2) is 60.7 Å². The summed E-state index contributed by atoms with van der Waals surface area (Å²) in [7, 11) is 0. The number of aliphatic hydroxyl groups is 6. The average Bonchev–Trinajstić information content (AvgIpc) is 3.90. The van der Waals surface area contributed by atoms with Crippen LogP contribution in [0.2, 0.25) is 0 Å². The Morgan fingerprint density at radius 2 is 0.852 bits per heavy atom. The Hall–Kier alpha value is -7.48. The zero-order valence-corrected chi connectivity index (χ0v) is 50.5. The molecular weight excluding hydrogens is 1160 g/mol. The van der Waals surface area contributed by atoms with Crippen LogP contribution in [0.4, 0.5) is 0 Å². The summed E-state index contributed by atoms with van der Waals surface area (Å²) in [4.78, 5) is 130. The number of nitrogens with zero attached hydrogens (tertiary/aromatic N) is 2. The first kappa shape index (κ1) is 74.8. The maximum absolute atomic E-state index is 12.3. The number of amides is 4. The number of aliphatic hydroxyl groups excluding tert-OH is 6. The minimum Gasteiger partial charge on any atom is -0.462 e. The molecule has 4 heterocycles. The zero-order chi connectivity index (χ0) is 65.7. The predicted octanol–water partition coefficient (Wildman–Crippen LogP) is 2.77. The fraction of sp³-hybridized carbons (Fsp3) is 0.581. The number of imide groups is 2. The molecule has 4 aliphatic rings. The number of benzene rings is 2. The summed E-state index contributed by atoms with van der Waals surface area (Å²) in [5, 5.41) is 60.2. The van der Waals surface area contributed by atoms with Gasteiger partial charge in [0.25, 0.3) is 23.6 Å². The van der Waals surface area contributed by atoms with Gasteiger partial charge in [-0.25, -0.2) is 0 Å². The molecule has 6 rings (SSSR count). The molecule has 4 aliphatic heterocycles. The lowest BCUT2D eigenvalue weighted by atomic mass is 9.97. The summed E-state index contributed by atoms with van der Waals surface area (Å²) in [6.07, 6.45) is 4.02. The number of Topliss-reactive ketones (excluding diaryl/α,β-unsaturated/α-hetero) is 2. The van der Waals surface area contributed by atoms with E-state index in [1.54, 1.807) is 65.8 Å². The normalized spacial score (nSPS) is 21.4. The molecule has 0 radical (unpaired) electrons. The van der Waals surface area contributed by atoms with Crippen molar-refractivity contribution in [3.63, 3.8) is 0 Å². The summed E-state index contributed by atoms with van der Waals surface area (Å²) in [6.45, 7) is 10.1. The molecule has 6 N–H and O–H groups in total. The van der Waals surface area contributed by atoms with Crippen molar-refractivity contribution in [2.75, 3.05) is 26.3 Å². The second-order valence-corrected chi connectivity index (χ2v) is 23.2. The lowest BCUT2D eigenvalue weighted by molar-refractivity contribution is -0.242. The highest BCUT2D eigenvalue weighted by Crippen LogP contribution is 2.31. The molecule has 0 saturated carbocycles. The van der Waals surface area contributed by atoms with Gasteiger partial charge >= 0.3 is 24.2 Å². The minimum absolute atomic E-state index is 0.0481. The van der Waals surface area contributed by atoms with E-state index in [-0.39, 0.29) is 81.0 Å². The molecule has 2 aromatic rings. The van der Waals surface area contributed by atoms with Crippen molar-refractivity contribution in [1.82, 2.24) is 9.80 Å². The van der Waals surface area contributed by atoms with Gasteiger partial charge in [0.1, 0.15) is 67.1 Å². The Morgan fingerprint density at radius 1 is 0.500 bits per heavy atom. The molecule has 0 spiro atoms. The lowest BCUT2D eigenvalue weighted by Crippen LogP contribution is -2.54. The van der Waals surface area contributed by atoms with Crippen molar-refractivity contribution >= 4 is 59.4 Å². The Balaban J connectivity index is 0.000000424. The van der Waals surface area contributed by atoms with E-state index in [9.17, 15) is 69.0 Å². The predicted molar refractivity (Wildman–Crippen MR) is 303 cm³/mol. The number of esters is 2. The molecule has 0 unspecified atom stereocenters.